The predicted octanol–water partition coefficient (Wildman–Crippen LogP) is 12.9. The molecule has 2 heterocycles. The molecule has 0 atom stereocenters. The van der Waals surface area contributed by atoms with Crippen molar-refractivity contribution < 1.29 is 0 Å². The molecular weight excluding hydrogens is 641 g/mol. The minimum atomic E-state index is -2.07. The van der Waals surface area contributed by atoms with Gasteiger partial charge >= 0.3 is 0 Å². The molecule has 0 saturated heterocycles. The van der Waals surface area contributed by atoms with Crippen molar-refractivity contribution in [1.82, 2.24) is 9.97 Å². The first-order valence-corrected chi connectivity index (χ1v) is 23.1. The van der Waals surface area contributed by atoms with Gasteiger partial charge in [-0.05, 0) is 68.3 Å². The van der Waals surface area contributed by atoms with Crippen molar-refractivity contribution in [3.8, 4) is 22.9 Å². The summed E-state index contributed by atoms with van der Waals surface area (Å²) in [5.41, 5.74) is 16.7. The van der Waals surface area contributed by atoms with Crippen molar-refractivity contribution in [2.45, 2.75) is 116 Å². The van der Waals surface area contributed by atoms with Gasteiger partial charge in [0.2, 0.25) is 0 Å². The zero-order chi connectivity index (χ0) is 36.1. The van der Waals surface area contributed by atoms with Gasteiger partial charge in [-0.15, -0.1) is 11.1 Å². The molecule has 1 aliphatic heterocycles. The lowest BCUT2D eigenvalue weighted by molar-refractivity contribution is 0.838. The van der Waals surface area contributed by atoms with Crippen LogP contribution < -0.4 is 10.6 Å². The Labute approximate surface area is 302 Å². The molecule has 50 heavy (non-hydrogen) atoms. The third kappa shape index (κ3) is 5.81. The second-order valence-corrected chi connectivity index (χ2v) is 27.4. The van der Waals surface area contributed by atoms with Crippen LogP contribution in [0.3, 0.4) is 0 Å². The molecule has 0 fully saturated rings. The van der Waals surface area contributed by atoms with Crippen molar-refractivity contribution in [1.29, 1.82) is 0 Å². The summed E-state index contributed by atoms with van der Waals surface area (Å²) in [7, 11) is -4.13. The summed E-state index contributed by atoms with van der Waals surface area (Å²) >= 11 is 0. The van der Waals surface area contributed by atoms with Crippen molar-refractivity contribution in [3.63, 3.8) is 0 Å². The monoisotopic (exact) mass is 694 g/mol. The molecule has 1 aromatic heterocycles. The van der Waals surface area contributed by atoms with Crippen LogP contribution in [0.1, 0.15) is 94.2 Å². The van der Waals surface area contributed by atoms with Gasteiger partial charge in [-0.2, -0.15) is 0 Å². The van der Waals surface area contributed by atoms with E-state index < -0.39 is 16.1 Å². The van der Waals surface area contributed by atoms with E-state index >= 15 is 0 Å². The second-order valence-electron chi connectivity index (χ2n) is 16.2. The Morgan fingerprint density at radius 3 is 1.12 bits per heavy atom. The van der Waals surface area contributed by atoms with Gasteiger partial charge in [-0.25, -0.2) is 9.97 Å². The summed E-state index contributed by atoms with van der Waals surface area (Å²) in [6, 6.07) is 21.5. The van der Waals surface area contributed by atoms with Crippen LogP contribution >= 0.6 is 0 Å². The molecule has 0 aliphatic carbocycles. The van der Waals surface area contributed by atoms with Gasteiger partial charge < -0.3 is 10.6 Å². The van der Waals surface area contributed by atoms with Crippen LogP contribution in [0.2, 0.25) is 33.2 Å². The van der Waals surface area contributed by atoms with Gasteiger partial charge in [0.15, 0.2) is 11.6 Å². The Kier molecular flexibility index (Phi) is 9.68. The summed E-state index contributed by atoms with van der Waals surface area (Å²) in [6.07, 6.45) is 0. The van der Waals surface area contributed by atoms with Crippen LogP contribution in [0.25, 0.3) is 32.6 Å². The van der Waals surface area contributed by atoms with Gasteiger partial charge in [-0.1, -0.05) is 131 Å². The van der Waals surface area contributed by atoms with E-state index in [0.717, 1.165) is 44.3 Å². The quantitative estimate of drug-likeness (QED) is 0.103. The molecule has 258 valence electrons. The van der Waals surface area contributed by atoms with Gasteiger partial charge in [-0.3, -0.25) is 0 Å². The van der Waals surface area contributed by atoms with Crippen molar-refractivity contribution in [2.24, 2.45) is 0 Å². The van der Waals surface area contributed by atoms with E-state index in [-0.39, 0.29) is 0 Å². The number of benzene rings is 4. The molecule has 2 N–H and O–H groups in total. The summed E-state index contributed by atoms with van der Waals surface area (Å²) in [5, 5.41) is 11.8. The van der Waals surface area contributed by atoms with E-state index in [1.807, 2.05) is 12.1 Å². The number of nitrogens with zero attached hydrogens (tertiary/aromatic N) is 2. The number of anilines is 4. The summed E-state index contributed by atoms with van der Waals surface area (Å²) in [4.78, 5) is 10.8. The molecule has 0 amide bonds. The van der Waals surface area contributed by atoms with E-state index in [1.165, 1.54) is 10.8 Å². The SMILES string of the molecule is CC(C)[Si](C#Cc1c2cc3ccccc3cc2c(C#C[Si](C(C)C)(C(C)C)C(C)C)c2nc3c(nc12)Nc1ccccc1N3)(C(C)C)C(C)C. The zero-order valence-electron chi connectivity index (χ0n) is 32.1. The number of hydrogen-bond donors (Lipinski definition) is 2. The van der Waals surface area contributed by atoms with E-state index in [4.69, 9.17) is 9.97 Å². The third-order valence-corrected chi connectivity index (χ3v) is 24.3. The lowest BCUT2D eigenvalue weighted by Gasteiger charge is -2.38. The number of para-hydroxylation sites is 2. The molecule has 0 bridgehead atoms. The third-order valence-electron chi connectivity index (χ3n) is 11.8. The molecule has 4 aromatic carbocycles. The number of nitrogens with one attached hydrogen (secondary N) is 2. The topological polar surface area (TPSA) is 49.8 Å². The Bertz CT molecular complexity index is 2020. The normalized spacial score (nSPS) is 13.1. The molecule has 4 nitrogen and oxygen atoms in total. The van der Waals surface area contributed by atoms with Crippen LogP contribution in [0.5, 0.6) is 0 Å². The molecule has 5 aromatic rings. The molecule has 0 saturated carbocycles. The van der Waals surface area contributed by atoms with Crippen molar-refractivity contribution in [2.75, 3.05) is 10.6 Å². The molecule has 6 heteroatoms. The maximum atomic E-state index is 5.41. The highest BCUT2D eigenvalue weighted by Gasteiger charge is 2.43. The first-order chi connectivity index (χ1) is 23.7. The lowest BCUT2D eigenvalue weighted by atomic mass is 9.94. The van der Waals surface area contributed by atoms with Crippen LogP contribution in [-0.4, -0.2) is 26.1 Å². The van der Waals surface area contributed by atoms with Crippen LogP contribution in [-0.2, 0) is 0 Å². The molecular formula is C44H54N4Si2. The number of hydrogen-bond acceptors (Lipinski definition) is 4. The van der Waals surface area contributed by atoms with Crippen molar-refractivity contribution in [3.05, 3.63) is 71.8 Å². The number of aromatic nitrogens is 2. The highest BCUT2D eigenvalue weighted by atomic mass is 28.3. The summed E-state index contributed by atoms with van der Waals surface area (Å²) in [6.45, 7) is 28.5. The average molecular weight is 695 g/mol. The average Bonchev–Trinajstić information content (AvgIpc) is 3.05. The van der Waals surface area contributed by atoms with E-state index in [9.17, 15) is 0 Å². The Morgan fingerprint density at radius 2 is 0.800 bits per heavy atom. The summed E-state index contributed by atoms with van der Waals surface area (Å²) < 4.78 is 0. The van der Waals surface area contributed by atoms with Crippen molar-refractivity contribution >= 4 is 71.7 Å². The fourth-order valence-corrected chi connectivity index (χ4v) is 19.7. The Hall–Kier alpha value is -4.11. The van der Waals surface area contributed by atoms with Gasteiger partial charge in [0, 0.05) is 10.8 Å². The zero-order valence-corrected chi connectivity index (χ0v) is 34.1. The lowest BCUT2D eigenvalue weighted by Crippen LogP contribution is -2.43. The molecule has 6 rings (SSSR count). The predicted molar refractivity (Wildman–Crippen MR) is 223 cm³/mol. The fraction of sp³-hybridized carbons (Fsp3) is 0.409. The molecule has 0 unspecified atom stereocenters. The van der Waals surface area contributed by atoms with E-state index in [1.54, 1.807) is 0 Å². The Balaban J connectivity index is 1.80. The van der Waals surface area contributed by atoms with Gasteiger partial charge in [0.25, 0.3) is 0 Å². The second kappa shape index (κ2) is 13.6. The molecule has 1 aliphatic rings. The molecule has 0 radical (unpaired) electrons. The van der Waals surface area contributed by atoms with Crippen LogP contribution in [0, 0.1) is 22.9 Å². The standard InChI is InChI=1S/C44H54N4Si2/c1-27(2)49(28(3)4,29(5)6)23-21-35-37-25-33-17-13-14-18-34(33)26-38(37)36(22-24-50(30(7)8,31(9)10)32(11)12)42-41(35)47-43-44(48-42)46-40-20-16-15-19-39(40)45-43/h13-20,25-32H,1-12H3,(H,45,47)(H,46,48). The minimum absolute atomic E-state index is 0.515. The van der Waals surface area contributed by atoms with Crippen LogP contribution in [0.4, 0.5) is 23.0 Å². The fourth-order valence-electron chi connectivity index (χ4n) is 9.28. The smallest absolute Gasteiger partial charge is 0.174 e. The Morgan fingerprint density at radius 1 is 0.480 bits per heavy atom. The minimum Gasteiger partial charge on any atom is -0.335 e. The van der Waals surface area contributed by atoms with E-state index in [0.29, 0.717) is 44.9 Å². The first kappa shape index (κ1) is 35.7. The van der Waals surface area contributed by atoms with Gasteiger partial charge in [0.1, 0.15) is 27.2 Å². The maximum absolute atomic E-state index is 5.41. The van der Waals surface area contributed by atoms with E-state index in [2.05, 4.69) is 165 Å². The number of fused-ring (bicyclic) bond motifs is 5. The number of rotatable bonds is 6. The highest BCUT2D eigenvalue weighted by Crippen LogP contribution is 2.44. The first-order valence-electron chi connectivity index (χ1n) is 18.6. The van der Waals surface area contributed by atoms with Crippen LogP contribution in [0.15, 0.2) is 60.7 Å². The maximum Gasteiger partial charge on any atom is 0.174 e. The molecule has 0 spiro atoms. The summed E-state index contributed by atoms with van der Waals surface area (Å²) in [5.74, 6) is 9.20. The van der Waals surface area contributed by atoms with Gasteiger partial charge in [0.05, 0.1) is 22.5 Å². The highest BCUT2D eigenvalue weighted by molar-refractivity contribution is 6.91. The largest absolute Gasteiger partial charge is 0.335 e.